The Kier molecular flexibility index (Phi) is 8.56. The van der Waals surface area contributed by atoms with Crippen LogP contribution in [0.3, 0.4) is 0 Å². The number of hydrogen-bond acceptors (Lipinski definition) is 6. The molecular formula is C32H30ClF3NO6+. The lowest BCUT2D eigenvalue weighted by atomic mass is 9.87. The number of nitrogens with one attached hydrogen (secondary N) is 1. The predicted molar refractivity (Wildman–Crippen MR) is 154 cm³/mol. The molecule has 0 atom stereocenters. The molecule has 3 aromatic carbocycles. The largest absolute Gasteiger partial charge is 0.453 e. The SMILES string of the molecule is CC(C)(C)c1ccc(C(=O)Oc2ccc3c(=O)c(Oc4ccc(Cl)cc4)c(C(F)(F)F)oc3c2C[NH+]2CCOCC2)cc1. The molecule has 0 radical (unpaired) electrons. The summed E-state index contributed by atoms with van der Waals surface area (Å²) in [6, 6.07) is 15.1. The average Bonchev–Trinajstić information content (AvgIpc) is 2.96. The Bertz CT molecular complexity index is 1690. The highest BCUT2D eigenvalue weighted by atomic mass is 35.5. The molecule has 0 bridgehead atoms. The van der Waals surface area contributed by atoms with Crippen LogP contribution >= 0.6 is 11.6 Å². The molecule has 1 aromatic heterocycles. The molecular weight excluding hydrogens is 587 g/mol. The minimum absolute atomic E-state index is 0.000895. The lowest BCUT2D eigenvalue weighted by molar-refractivity contribution is -0.921. The van der Waals surface area contributed by atoms with Crippen molar-refractivity contribution in [3.63, 3.8) is 0 Å². The van der Waals surface area contributed by atoms with Gasteiger partial charge in [-0.1, -0.05) is 44.5 Å². The molecule has 2 heterocycles. The number of fused-ring (bicyclic) bond motifs is 1. The highest BCUT2D eigenvalue weighted by molar-refractivity contribution is 6.30. The smallest absolute Gasteiger partial charge is 0.449 e. The van der Waals surface area contributed by atoms with Gasteiger partial charge in [0.05, 0.1) is 29.7 Å². The molecule has 4 aromatic rings. The standard InChI is InChI=1S/C32H29ClF3NO6/c1-31(2,3)20-6-4-19(5-7-20)30(39)42-25-13-12-23-26(38)28(41-22-10-8-21(33)9-11-22)29(32(34,35)36)43-27(23)24(25)18-37-14-16-40-17-15-37/h4-13H,14-18H2,1-3H3/p+1. The van der Waals surface area contributed by atoms with E-state index in [-0.39, 0.29) is 45.6 Å². The lowest BCUT2D eigenvalue weighted by Crippen LogP contribution is -3.12. The predicted octanol–water partition coefficient (Wildman–Crippen LogP) is 6.19. The Morgan fingerprint density at radius 3 is 2.21 bits per heavy atom. The number of alkyl halides is 3. The molecule has 7 nitrogen and oxygen atoms in total. The Hall–Kier alpha value is -3.86. The third-order valence-electron chi connectivity index (χ3n) is 7.19. The maximum Gasteiger partial charge on any atom is 0.453 e. The van der Waals surface area contributed by atoms with Gasteiger partial charge in [0.2, 0.25) is 11.2 Å². The van der Waals surface area contributed by atoms with E-state index in [4.69, 9.17) is 30.2 Å². The molecule has 1 fully saturated rings. The monoisotopic (exact) mass is 616 g/mol. The number of rotatable bonds is 6. The molecule has 11 heteroatoms. The second-order valence-corrected chi connectivity index (χ2v) is 11.8. The van der Waals surface area contributed by atoms with Crippen molar-refractivity contribution in [3.8, 4) is 17.2 Å². The van der Waals surface area contributed by atoms with E-state index in [9.17, 15) is 22.8 Å². The highest BCUT2D eigenvalue weighted by Crippen LogP contribution is 2.40. The second kappa shape index (κ2) is 12.0. The van der Waals surface area contributed by atoms with Gasteiger partial charge in [0.15, 0.2) is 5.58 Å². The van der Waals surface area contributed by atoms with Crippen molar-refractivity contribution < 1.29 is 41.5 Å². The van der Waals surface area contributed by atoms with Gasteiger partial charge in [0.1, 0.15) is 31.1 Å². The highest BCUT2D eigenvalue weighted by Gasteiger charge is 2.41. The zero-order valence-corrected chi connectivity index (χ0v) is 24.5. The van der Waals surface area contributed by atoms with Crippen LogP contribution in [-0.2, 0) is 22.9 Å². The normalized spacial score (nSPS) is 14.6. The maximum absolute atomic E-state index is 14.3. The number of carbonyl (C=O) groups is 1. The van der Waals surface area contributed by atoms with Crippen molar-refractivity contribution in [2.45, 2.75) is 38.9 Å². The summed E-state index contributed by atoms with van der Waals surface area (Å²) in [5, 5.41) is 0.199. The van der Waals surface area contributed by atoms with E-state index in [0.29, 0.717) is 31.3 Å². The average molecular weight is 617 g/mol. The summed E-state index contributed by atoms with van der Waals surface area (Å²) in [7, 11) is 0. The number of ether oxygens (including phenoxy) is 3. The molecule has 0 spiro atoms. The van der Waals surface area contributed by atoms with Crippen LogP contribution in [0.4, 0.5) is 13.2 Å². The molecule has 5 rings (SSSR count). The Morgan fingerprint density at radius 2 is 1.60 bits per heavy atom. The van der Waals surface area contributed by atoms with Crippen molar-refractivity contribution in [1.82, 2.24) is 0 Å². The summed E-state index contributed by atoms with van der Waals surface area (Å²) in [6.07, 6.45) is -5.07. The fourth-order valence-electron chi connectivity index (χ4n) is 4.79. The van der Waals surface area contributed by atoms with Crippen LogP contribution in [0.5, 0.6) is 17.2 Å². The van der Waals surface area contributed by atoms with Crippen molar-refractivity contribution in [2.75, 3.05) is 26.3 Å². The van der Waals surface area contributed by atoms with Crippen LogP contribution in [0.15, 0.2) is 69.9 Å². The summed E-state index contributed by atoms with van der Waals surface area (Å²) in [4.78, 5) is 27.7. The lowest BCUT2D eigenvalue weighted by Gasteiger charge is -2.25. The summed E-state index contributed by atoms with van der Waals surface area (Å²) in [5.74, 6) is -3.32. The zero-order valence-electron chi connectivity index (χ0n) is 23.8. The van der Waals surface area contributed by atoms with Gasteiger partial charge in [-0.25, -0.2) is 4.79 Å². The first-order valence-corrected chi connectivity index (χ1v) is 14.1. The number of halogens is 4. The van der Waals surface area contributed by atoms with E-state index >= 15 is 0 Å². The van der Waals surface area contributed by atoms with Crippen molar-refractivity contribution >= 4 is 28.5 Å². The zero-order chi connectivity index (χ0) is 30.9. The quantitative estimate of drug-likeness (QED) is 0.206. The minimum atomic E-state index is -5.07. The molecule has 1 saturated heterocycles. The second-order valence-electron chi connectivity index (χ2n) is 11.3. The summed E-state index contributed by atoms with van der Waals surface area (Å²) in [6.45, 7) is 8.29. The molecule has 0 unspecified atom stereocenters. The van der Waals surface area contributed by atoms with Crippen LogP contribution in [0, 0.1) is 0 Å². The van der Waals surface area contributed by atoms with Gasteiger partial charge in [-0.3, -0.25) is 4.79 Å². The van der Waals surface area contributed by atoms with Crippen LogP contribution in [-0.4, -0.2) is 32.3 Å². The number of carbonyl (C=O) groups excluding carboxylic acids is 1. The van der Waals surface area contributed by atoms with E-state index in [0.717, 1.165) is 10.5 Å². The maximum atomic E-state index is 14.3. The van der Waals surface area contributed by atoms with Crippen LogP contribution in [0.25, 0.3) is 11.0 Å². The van der Waals surface area contributed by atoms with E-state index < -0.39 is 29.1 Å². The first-order chi connectivity index (χ1) is 20.3. The van der Waals surface area contributed by atoms with Crippen LogP contribution in [0.2, 0.25) is 5.02 Å². The van der Waals surface area contributed by atoms with Crippen LogP contribution < -0.4 is 19.8 Å². The molecule has 226 valence electrons. The van der Waals surface area contributed by atoms with Gasteiger partial charge in [0, 0.05) is 5.02 Å². The number of morpholine rings is 1. The first-order valence-electron chi connectivity index (χ1n) is 13.7. The van der Waals surface area contributed by atoms with E-state index in [1.165, 1.54) is 36.4 Å². The number of quaternary nitrogens is 1. The minimum Gasteiger partial charge on any atom is -0.449 e. The van der Waals surface area contributed by atoms with Gasteiger partial charge in [-0.2, -0.15) is 13.2 Å². The van der Waals surface area contributed by atoms with E-state index in [1.54, 1.807) is 12.1 Å². The summed E-state index contributed by atoms with van der Waals surface area (Å²) < 4.78 is 65.0. The van der Waals surface area contributed by atoms with Gasteiger partial charge in [-0.05, 0) is 59.5 Å². The fourth-order valence-corrected chi connectivity index (χ4v) is 4.92. The van der Waals surface area contributed by atoms with Gasteiger partial charge < -0.3 is 23.5 Å². The molecule has 0 saturated carbocycles. The Balaban J connectivity index is 1.61. The Morgan fingerprint density at radius 1 is 0.953 bits per heavy atom. The number of benzene rings is 3. The van der Waals surface area contributed by atoms with Gasteiger partial charge >= 0.3 is 12.1 Å². The van der Waals surface area contributed by atoms with Gasteiger partial charge in [0.25, 0.3) is 5.76 Å². The third-order valence-corrected chi connectivity index (χ3v) is 7.44. The number of hydrogen-bond donors (Lipinski definition) is 1. The molecule has 1 aliphatic heterocycles. The number of esters is 1. The summed E-state index contributed by atoms with van der Waals surface area (Å²) >= 11 is 5.88. The third kappa shape index (κ3) is 6.87. The molecule has 43 heavy (non-hydrogen) atoms. The molecule has 0 aliphatic carbocycles. The van der Waals surface area contributed by atoms with Crippen molar-refractivity contribution in [1.29, 1.82) is 0 Å². The van der Waals surface area contributed by atoms with E-state index in [1.807, 2.05) is 32.9 Å². The summed E-state index contributed by atoms with van der Waals surface area (Å²) in [5.41, 5.74) is -0.0229. The molecule has 1 N–H and O–H groups in total. The van der Waals surface area contributed by atoms with Crippen molar-refractivity contribution in [2.24, 2.45) is 0 Å². The van der Waals surface area contributed by atoms with Crippen LogP contribution in [0.1, 0.15) is 48.0 Å². The molecule has 0 amide bonds. The molecule has 1 aliphatic rings. The van der Waals surface area contributed by atoms with Crippen molar-refractivity contribution in [3.05, 3.63) is 98.4 Å². The van der Waals surface area contributed by atoms with Gasteiger partial charge in [-0.15, -0.1) is 0 Å². The van der Waals surface area contributed by atoms with E-state index in [2.05, 4.69) is 0 Å². The Labute approximate surface area is 250 Å². The first kappa shape index (κ1) is 30.6. The topological polar surface area (TPSA) is 79.4 Å². The fraction of sp³-hybridized carbons (Fsp3) is 0.312.